The van der Waals surface area contributed by atoms with Crippen molar-refractivity contribution in [1.82, 2.24) is 14.9 Å². The lowest BCUT2D eigenvalue weighted by atomic mass is 10.1. The molecule has 37 heavy (non-hydrogen) atoms. The fourth-order valence-corrected chi connectivity index (χ4v) is 5.34. The van der Waals surface area contributed by atoms with Gasteiger partial charge in [0.15, 0.2) is 5.82 Å². The molecule has 202 valence electrons. The number of carbonyl (C=O) groups excluding carboxylic acids is 1. The summed E-state index contributed by atoms with van der Waals surface area (Å²) in [5, 5.41) is 15.8. The third-order valence-electron chi connectivity index (χ3n) is 5.71. The fraction of sp³-hybridized carbons (Fsp3) is 0.500. The minimum atomic E-state index is -3.70. The van der Waals surface area contributed by atoms with Gasteiger partial charge in [0.2, 0.25) is 16.0 Å². The minimum Gasteiger partial charge on any atom is -0.480 e. The molecule has 0 unspecified atom stereocenters. The van der Waals surface area contributed by atoms with Gasteiger partial charge in [0.25, 0.3) is 0 Å². The van der Waals surface area contributed by atoms with Crippen LogP contribution in [-0.2, 0) is 21.2 Å². The Bertz CT molecular complexity index is 1200. The first kappa shape index (κ1) is 28.0. The lowest BCUT2D eigenvalue weighted by Gasteiger charge is -2.28. The molecule has 0 saturated carbocycles. The molecule has 0 aliphatic carbocycles. The molecule has 2 aromatic rings. The zero-order chi connectivity index (χ0) is 27.2. The highest BCUT2D eigenvalue weighted by atomic mass is 32.2. The van der Waals surface area contributed by atoms with Crippen LogP contribution in [0, 0.1) is 0 Å². The molecule has 1 aliphatic rings. The van der Waals surface area contributed by atoms with E-state index in [9.17, 15) is 23.1 Å². The number of likely N-dealkylation sites (tertiary alicyclic amines) is 1. The van der Waals surface area contributed by atoms with Crippen LogP contribution in [0.5, 0.6) is 5.75 Å². The van der Waals surface area contributed by atoms with E-state index in [1.807, 2.05) is 6.92 Å². The number of anilines is 3. The maximum atomic E-state index is 12.5. The first-order valence-corrected chi connectivity index (χ1v) is 14.0. The van der Waals surface area contributed by atoms with E-state index in [2.05, 4.69) is 20.6 Å². The van der Waals surface area contributed by atoms with Gasteiger partial charge >= 0.3 is 12.1 Å². The number of amides is 1. The molecule has 1 fully saturated rings. The predicted molar refractivity (Wildman–Crippen MR) is 141 cm³/mol. The third-order valence-corrected chi connectivity index (χ3v) is 7.04. The van der Waals surface area contributed by atoms with Crippen molar-refractivity contribution in [3.8, 4) is 5.75 Å². The van der Waals surface area contributed by atoms with Gasteiger partial charge in [0, 0.05) is 32.1 Å². The van der Waals surface area contributed by atoms with E-state index >= 15 is 0 Å². The molecule has 12 nitrogen and oxygen atoms in total. The number of hydrogen-bond donors (Lipinski definition) is 3. The highest BCUT2D eigenvalue weighted by Crippen LogP contribution is 2.29. The Morgan fingerprint density at radius 3 is 2.38 bits per heavy atom. The molecule has 3 N–H and O–H groups in total. The number of aromatic nitrogens is 2. The van der Waals surface area contributed by atoms with Crippen molar-refractivity contribution in [2.24, 2.45) is 0 Å². The van der Waals surface area contributed by atoms with Crippen LogP contribution in [0.1, 0.15) is 39.2 Å². The van der Waals surface area contributed by atoms with Gasteiger partial charge in [-0.2, -0.15) is 4.98 Å². The second-order valence-electron chi connectivity index (χ2n) is 9.06. The van der Waals surface area contributed by atoms with Crippen LogP contribution in [-0.4, -0.2) is 78.4 Å². The molecule has 1 atom stereocenters. The number of sulfonamides is 1. The Kier molecular flexibility index (Phi) is 9.14. The van der Waals surface area contributed by atoms with Crippen LogP contribution < -0.4 is 19.7 Å². The number of carboxylic acid groups (broad SMARTS) is 1. The summed E-state index contributed by atoms with van der Waals surface area (Å²) in [6.45, 7) is 7.14. The molecule has 1 aromatic heterocycles. The number of nitrogens with zero attached hydrogens (tertiary/aromatic N) is 4. The molecule has 13 heteroatoms. The van der Waals surface area contributed by atoms with E-state index in [1.54, 1.807) is 43.0 Å². The summed E-state index contributed by atoms with van der Waals surface area (Å²) in [5.74, 6) is -0.461. The van der Waals surface area contributed by atoms with Crippen molar-refractivity contribution in [3.63, 3.8) is 0 Å². The van der Waals surface area contributed by atoms with Crippen molar-refractivity contribution >= 4 is 39.5 Å². The lowest BCUT2D eigenvalue weighted by Crippen LogP contribution is -2.38. The number of nitrogens with one attached hydrogen (secondary N) is 2. The average molecular weight is 535 g/mol. The van der Waals surface area contributed by atoms with Gasteiger partial charge in [-0.25, -0.2) is 23.0 Å². The summed E-state index contributed by atoms with van der Waals surface area (Å²) in [7, 11) is -3.70. The van der Waals surface area contributed by atoms with E-state index in [-0.39, 0.29) is 23.9 Å². The normalized spacial score (nSPS) is 14.4. The molecule has 1 aromatic carbocycles. The van der Waals surface area contributed by atoms with Gasteiger partial charge < -0.3 is 25.4 Å². The van der Waals surface area contributed by atoms with Crippen LogP contribution in [0.3, 0.4) is 0 Å². The van der Waals surface area contributed by atoms with E-state index in [0.29, 0.717) is 30.9 Å². The molecule has 0 radical (unpaired) electrons. The third kappa shape index (κ3) is 7.44. The highest BCUT2D eigenvalue weighted by molar-refractivity contribution is 7.92. The molecular formula is C24H34N6O6S. The maximum absolute atomic E-state index is 12.5. The second kappa shape index (κ2) is 12.1. The average Bonchev–Trinajstić information content (AvgIpc) is 3.35. The lowest BCUT2D eigenvalue weighted by molar-refractivity contribution is -0.137. The minimum absolute atomic E-state index is 0.0657. The van der Waals surface area contributed by atoms with Gasteiger partial charge in [-0.15, -0.1) is 0 Å². The quantitative estimate of drug-likeness (QED) is 0.392. The number of benzene rings is 1. The molecule has 1 aliphatic heterocycles. The summed E-state index contributed by atoms with van der Waals surface area (Å²) in [6, 6.07) is 5.02. The van der Waals surface area contributed by atoms with Gasteiger partial charge in [-0.1, -0.05) is 12.1 Å². The van der Waals surface area contributed by atoms with Crippen molar-refractivity contribution in [2.45, 2.75) is 52.1 Å². The zero-order valence-electron chi connectivity index (χ0n) is 21.5. The van der Waals surface area contributed by atoms with E-state index < -0.39 is 34.2 Å². The summed E-state index contributed by atoms with van der Waals surface area (Å²) < 4.78 is 31.6. The summed E-state index contributed by atoms with van der Waals surface area (Å²) in [5.41, 5.74) is 0.821. The largest absolute Gasteiger partial charge is 0.480 e. The van der Waals surface area contributed by atoms with Crippen LogP contribution >= 0.6 is 0 Å². The molecule has 0 bridgehead atoms. The monoisotopic (exact) mass is 534 g/mol. The Morgan fingerprint density at radius 1 is 1.19 bits per heavy atom. The second-order valence-corrected chi connectivity index (χ2v) is 10.9. The van der Waals surface area contributed by atoms with Gasteiger partial charge in [-0.05, 0) is 51.3 Å². The van der Waals surface area contributed by atoms with Gasteiger partial charge in [-0.3, -0.25) is 4.31 Å². The number of carboxylic acids is 1. The topological polar surface area (TPSA) is 154 Å². The Morgan fingerprint density at radius 2 is 1.84 bits per heavy atom. The van der Waals surface area contributed by atoms with Crippen LogP contribution in [0.2, 0.25) is 0 Å². The number of rotatable bonds is 11. The van der Waals surface area contributed by atoms with E-state index in [4.69, 9.17) is 4.74 Å². The van der Waals surface area contributed by atoms with Crippen LogP contribution in [0.15, 0.2) is 30.5 Å². The van der Waals surface area contributed by atoms with Gasteiger partial charge in [0.1, 0.15) is 17.5 Å². The molecular weight excluding hydrogens is 500 g/mol. The Labute approximate surface area is 217 Å². The number of ether oxygens (including phenoxy) is 1. The molecule has 3 rings (SSSR count). The summed E-state index contributed by atoms with van der Waals surface area (Å²) >= 11 is 0. The number of aliphatic carboxylic acids is 1. The van der Waals surface area contributed by atoms with E-state index in [1.165, 1.54) is 6.20 Å². The van der Waals surface area contributed by atoms with Crippen molar-refractivity contribution in [2.75, 3.05) is 40.8 Å². The smallest absolute Gasteiger partial charge is 0.415 e. The van der Waals surface area contributed by atoms with Crippen LogP contribution in [0.4, 0.5) is 22.2 Å². The van der Waals surface area contributed by atoms with Gasteiger partial charge in [0.05, 0.1) is 12.5 Å². The summed E-state index contributed by atoms with van der Waals surface area (Å²) in [6.07, 6.45) is 4.01. The first-order chi connectivity index (χ1) is 17.5. The molecule has 1 saturated heterocycles. The highest BCUT2D eigenvalue weighted by Gasteiger charge is 2.28. The maximum Gasteiger partial charge on any atom is 0.415 e. The zero-order valence-corrected chi connectivity index (χ0v) is 22.3. The number of carbonyl (C=O) groups is 2. The van der Waals surface area contributed by atoms with Crippen LogP contribution in [0.25, 0.3) is 0 Å². The van der Waals surface area contributed by atoms with Crippen molar-refractivity contribution < 1.29 is 27.9 Å². The Balaban J connectivity index is 1.82. The Hall–Kier alpha value is -3.61. The predicted octanol–water partition coefficient (Wildman–Crippen LogP) is 2.79. The fourth-order valence-electron chi connectivity index (χ4n) is 4.09. The molecule has 0 spiro atoms. The van der Waals surface area contributed by atoms with E-state index in [0.717, 1.165) is 23.4 Å². The standard InChI is InChI=1S/C24H34N6O6S/c1-5-25-23-26-15-20(30(16(2)3)37(4,34)35)21(28-23)27-19(22(31)32)14-17-8-10-18(11-9-17)36-24(33)29-12-6-7-13-29/h8-11,15-16,19H,5-7,12-14H2,1-4H3,(H,31,32)(H2,25,26,27,28)/t19-/m0/s1. The first-order valence-electron chi connectivity index (χ1n) is 12.1. The van der Waals surface area contributed by atoms with Crippen molar-refractivity contribution in [1.29, 1.82) is 0 Å². The van der Waals surface area contributed by atoms with Crippen molar-refractivity contribution in [3.05, 3.63) is 36.0 Å². The molecule has 1 amide bonds. The molecule has 2 heterocycles. The number of hydrogen-bond acceptors (Lipinski definition) is 9. The summed E-state index contributed by atoms with van der Waals surface area (Å²) in [4.78, 5) is 34.6. The SMILES string of the molecule is CCNc1ncc(N(C(C)C)S(C)(=O)=O)c(N[C@@H](Cc2ccc(OC(=O)N3CCCC3)cc2)C(=O)O)n1.